The van der Waals surface area contributed by atoms with Crippen LogP contribution in [0, 0.1) is 0 Å². The van der Waals surface area contributed by atoms with Gasteiger partial charge < -0.3 is 4.52 Å². The van der Waals surface area contributed by atoms with Gasteiger partial charge in [-0.2, -0.15) is 0 Å². The Morgan fingerprint density at radius 1 is 1.22 bits per heavy atom. The third kappa shape index (κ3) is 0.598. The van der Waals surface area contributed by atoms with Gasteiger partial charge in [-0.25, -0.2) is 0 Å². The van der Waals surface area contributed by atoms with Crippen LogP contribution in [0.4, 0.5) is 0 Å². The van der Waals surface area contributed by atoms with Gasteiger partial charge in [-0.15, -0.1) is 0 Å². The van der Waals surface area contributed by atoms with Crippen LogP contribution in [0.15, 0.2) is 35.0 Å². The molecule has 0 N–H and O–H groups in total. The van der Waals surface area contributed by atoms with E-state index in [-0.39, 0.29) is 0 Å². The predicted octanol–water partition coefficient (Wildman–Crippen LogP) is 1.78. The van der Waals surface area contributed by atoms with Gasteiger partial charge in [-0.05, 0) is 12.1 Å². The molecule has 0 amide bonds. The molecule has 0 spiro atoms. The molecule has 2 aliphatic rings. The zero-order chi connectivity index (χ0) is 6.10. The Hall–Kier alpha value is -1.31. The van der Waals surface area contributed by atoms with E-state index in [0.29, 0.717) is 0 Å². The molecule has 0 aromatic heterocycles. The van der Waals surface area contributed by atoms with Crippen LogP contribution in [0.5, 0.6) is 0 Å². The highest BCUT2D eigenvalue weighted by Gasteiger charge is 2.00. The van der Waals surface area contributed by atoms with E-state index >= 15 is 0 Å². The van der Waals surface area contributed by atoms with Crippen molar-refractivity contribution in [1.29, 1.82) is 0 Å². The predicted molar refractivity (Wildman–Crippen MR) is 33.1 cm³/mol. The number of nitrogens with zero attached hydrogens (tertiary/aromatic N) is 1. The summed E-state index contributed by atoms with van der Waals surface area (Å²) in [6.45, 7) is 0. The quantitative estimate of drug-likeness (QED) is 0.528. The van der Waals surface area contributed by atoms with E-state index in [1.807, 2.05) is 24.3 Å². The van der Waals surface area contributed by atoms with Gasteiger partial charge in [0.1, 0.15) is 0 Å². The summed E-state index contributed by atoms with van der Waals surface area (Å²) in [5, 5.41) is 3.61. The van der Waals surface area contributed by atoms with Crippen molar-refractivity contribution in [3.05, 3.63) is 30.5 Å². The van der Waals surface area contributed by atoms with Gasteiger partial charge in [-0.1, -0.05) is 17.3 Å². The SMILES string of the molecule is c1cc2ccnoc-2c1. The normalized spacial score (nSPS) is 10.2. The standard InChI is InChI=1S/C7H5NO/c1-2-6-4-5-8-9-7(6)3-1/h1-5H. The highest BCUT2D eigenvalue weighted by atomic mass is 16.5. The lowest BCUT2D eigenvalue weighted by molar-refractivity contribution is 0.413. The first-order valence-electron chi connectivity index (χ1n) is 2.76. The van der Waals surface area contributed by atoms with Crippen molar-refractivity contribution in [2.75, 3.05) is 0 Å². The van der Waals surface area contributed by atoms with Crippen LogP contribution in [0.25, 0.3) is 11.3 Å². The van der Waals surface area contributed by atoms with Crippen LogP contribution < -0.4 is 0 Å². The summed E-state index contributed by atoms with van der Waals surface area (Å²) in [6, 6.07) is 7.73. The zero-order valence-corrected chi connectivity index (χ0v) is 4.74. The van der Waals surface area contributed by atoms with Crippen molar-refractivity contribution in [1.82, 2.24) is 5.16 Å². The maximum absolute atomic E-state index is 4.90. The van der Waals surface area contributed by atoms with Gasteiger partial charge in [-0.3, -0.25) is 0 Å². The number of aromatic nitrogens is 1. The van der Waals surface area contributed by atoms with Crippen LogP contribution >= 0.6 is 0 Å². The molecular weight excluding hydrogens is 114 g/mol. The zero-order valence-electron chi connectivity index (χ0n) is 4.74. The topological polar surface area (TPSA) is 26.0 Å². The van der Waals surface area contributed by atoms with Gasteiger partial charge in [0.05, 0.1) is 6.20 Å². The summed E-state index contributed by atoms with van der Waals surface area (Å²) >= 11 is 0. The van der Waals surface area contributed by atoms with Crippen LogP contribution in [0.1, 0.15) is 0 Å². The largest absolute Gasteiger partial charge is 0.356 e. The molecule has 0 aromatic carbocycles. The third-order valence-electron chi connectivity index (χ3n) is 1.27. The minimum atomic E-state index is 0.845. The van der Waals surface area contributed by atoms with Crippen molar-refractivity contribution in [2.24, 2.45) is 0 Å². The summed E-state index contributed by atoms with van der Waals surface area (Å²) in [5.41, 5.74) is 1.10. The van der Waals surface area contributed by atoms with Crippen molar-refractivity contribution < 1.29 is 4.52 Å². The second kappa shape index (κ2) is 1.58. The number of hydrogen-bond donors (Lipinski definition) is 0. The Labute approximate surface area is 52.4 Å². The lowest BCUT2D eigenvalue weighted by Crippen LogP contribution is -1.72. The molecule has 0 saturated heterocycles. The number of fused-ring (bicyclic) bond motifs is 1. The average Bonchev–Trinajstić information content (AvgIpc) is 2.33. The summed E-state index contributed by atoms with van der Waals surface area (Å²) in [5.74, 6) is 0.845. The first-order chi connectivity index (χ1) is 4.47. The van der Waals surface area contributed by atoms with Gasteiger partial charge >= 0.3 is 0 Å². The first kappa shape index (κ1) is 4.56. The van der Waals surface area contributed by atoms with E-state index < -0.39 is 0 Å². The van der Waals surface area contributed by atoms with Crippen molar-refractivity contribution in [3.63, 3.8) is 0 Å². The van der Waals surface area contributed by atoms with E-state index in [9.17, 15) is 0 Å². The molecule has 2 nitrogen and oxygen atoms in total. The van der Waals surface area contributed by atoms with E-state index in [2.05, 4.69) is 5.16 Å². The molecule has 0 fully saturated rings. The number of hydrogen-bond acceptors (Lipinski definition) is 2. The van der Waals surface area contributed by atoms with Crippen molar-refractivity contribution >= 4 is 0 Å². The molecule has 44 valence electrons. The molecule has 0 unspecified atom stereocenters. The van der Waals surface area contributed by atoms with Gasteiger partial charge in [0.25, 0.3) is 0 Å². The minimum Gasteiger partial charge on any atom is -0.356 e. The third-order valence-corrected chi connectivity index (χ3v) is 1.27. The van der Waals surface area contributed by atoms with E-state index in [1.165, 1.54) is 0 Å². The molecule has 2 rings (SSSR count). The molecule has 0 radical (unpaired) electrons. The second-order valence-electron chi connectivity index (χ2n) is 1.86. The second-order valence-corrected chi connectivity index (χ2v) is 1.86. The van der Waals surface area contributed by atoms with E-state index in [0.717, 1.165) is 11.3 Å². The molecule has 1 heterocycles. The summed E-state index contributed by atoms with van der Waals surface area (Å²) in [4.78, 5) is 0. The fourth-order valence-corrected chi connectivity index (χ4v) is 0.836. The Kier molecular flexibility index (Phi) is 0.803. The summed E-state index contributed by atoms with van der Waals surface area (Å²) in [7, 11) is 0. The molecule has 1 aliphatic heterocycles. The van der Waals surface area contributed by atoms with E-state index in [1.54, 1.807) is 6.20 Å². The highest BCUT2D eigenvalue weighted by molar-refractivity contribution is 5.58. The minimum absolute atomic E-state index is 0.845. The van der Waals surface area contributed by atoms with Crippen LogP contribution in [-0.4, -0.2) is 5.16 Å². The average molecular weight is 119 g/mol. The van der Waals surface area contributed by atoms with Crippen LogP contribution in [0.3, 0.4) is 0 Å². The van der Waals surface area contributed by atoms with Crippen molar-refractivity contribution in [2.45, 2.75) is 0 Å². The fourth-order valence-electron chi connectivity index (χ4n) is 0.836. The molecule has 0 saturated carbocycles. The monoisotopic (exact) mass is 119 g/mol. The highest BCUT2D eigenvalue weighted by Crippen LogP contribution is 2.19. The van der Waals surface area contributed by atoms with Crippen LogP contribution in [0.2, 0.25) is 0 Å². The van der Waals surface area contributed by atoms with Gasteiger partial charge in [0.2, 0.25) is 0 Å². The first-order valence-corrected chi connectivity index (χ1v) is 2.76. The molecule has 0 atom stereocenters. The summed E-state index contributed by atoms with van der Waals surface area (Å²) in [6.07, 6.45) is 1.64. The smallest absolute Gasteiger partial charge is 0.165 e. The molecule has 0 aromatic rings. The Balaban J connectivity index is 2.79. The van der Waals surface area contributed by atoms with E-state index in [4.69, 9.17) is 4.52 Å². The summed E-state index contributed by atoms with van der Waals surface area (Å²) < 4.78 is 4.90. The Morgan fingerprint density at radius 3 is 3.11 bits per heavy atom. The fraction of sp³-hybridized carbons (Fsp3) is 0. The molecule has 9 heavy (non-hydrogen) atoms. The maximum atomic E-state index is 4.90. The lowest BCUT2D eigenvalue weighted by Gasteiger charge is -1.89. The number of rotatable bonds is 0. The van der Waals surface area contributed by atoms with Crippen molar-refractivity contribution in [3.8, 4) is 11.3 Å². The van der Waals surface area contributed by atoms with Gasteiger partial charge in [0.15, 0.2) is 5.76 Å². The Morgan fingerprint density at radius 2 is 2.22 bits per heavy atom. The molecular formula is C7H5NO. The molecule has 1 aliphatic carbocycles. The van der Waals surface area contributed by atoms with Gasteiger partial charge in [0, 0.05) is 5.56 Å². The van der Waals surface area contributed by atoms with Crippen LogP contribution in [-0.2, 0) is 0 Å². The maximum Gasteiger partial charge on any atom is 0.165 e. The molecule has 2 heteroatoms. The Bertz CT molecular complexity index is 249. The molecule has 0 bridgehead atoms. The lowest BCUT2D eigenvalue weighted by atomic mass is 10.3.